The van der Waals surface area contributed by atoms with Gasteiger partial charge in [0.25, 0.3) is 0 Å². The van der Waals surface area contributed by atoms with E-state index < -0.39 is 0 Å². The monoisotopic (exact) mass is 408 g/mol. The van der Waals surface area contributed by atoms with Crippen molar-refractivity contribution in [3.05, 3.63) is 64.5 Å². The second-order valence-corrected chi connectivity index (χ2v) is 7.84. The topological polar surface area (TPSA) is 70.0 Å². The van der Waals surface area contributed by atoms with E-state index in [9.17, 15) is 4.79 Å². The molecule has 0 bridgehead atoms. The largest absolute Gasteiger partial charge is 0.481 e. The Bertz CT molecular complexity index is 920. The van der Waals surface area contributed by atoms with Gasteiger partial charge in [-0.3, -0.25) is 9.78 Å². The van der Waals surface area contributed by atoms with Crippen LogP contribution in [0.4, 0.5) is 0 Å². The standard InChI is InChI=1S/C24H28N2O4/c1-28-15-21-23-17(14-25-24(23)29-2)11-18(26-21)12-19(27)13-20(22-9-6-10-30-22)16-7-4-3-5-8-16/h3-5,7-8,11,20,22H,6,9-10,12-15H2,1-2H3/t20-,22+/m0/s1. The molecule has 2 aliphatic rings. The smallest absolute Gasteiger partial charge is 0.218 e. The number of aliphatic imine (C=N–C) groups is 1. The Balaban J connectivity index is 1.52. The van der Waals surface area contributed by atoms with E-state index >= 15 is 0 Å². The minimum atomic E-state index is 0.0810. The highest BCUT2D eigenvalue weighted by Gasteiger charge is 2.30. The predicted octanol–water partition coefficient (Wildman–Crippen LogP) is 3.60. The van der Waals surface area contributed by atoms with Gasteiger partial charge in [-0.25, -0.2) is 4.99 Å². The van der Waals surface area contributed by atoms with Crippen LogP contribution in [0.25, 0.3) is 0 Å². The van der Waals surface area contributed by atoms with E-state index in [0.717, 1.165) is 47.5 Å². The zero-order valence-corrected chi connectivity index (χ0v) is 17.6. The minimum absolute atomic E-state index is 0.0810. The van der Waals surface area contributed by atoms with Crippen molar-refractivity contribution in [1.82, 2.24) is 4.98 Å². The molecule has 0 saturated carbocycles. The number of Topliss-reactive ketones (excluding diaryl/α,β-unsaturated/α-hetero) is 1. The SMILES string of the molecule is COCc1nc(CC(=O)C[C@@H](c2ccccc2)[C@H]2CCCO2)cc2c1C(OC)=NC2. The highest BCUT2D eigenvalue weighted by atomic mass is 16.5. The van der Waals surface area contributed by atoms with Crippen molar-refractivity contribution in [2.24, 2.45) is 4.99 Å². The summed E-state index contributed by atoms with van der Waals surface area (Å²) in [5.41, 5.74) is 4.64. The van der Waals surface area contributed by atoms with Gasteiger partial charge < -0.3 is 14.2 Å². The Hall–Kier alpha value is -2.57. The van der Waals surface area contributed by atoms with E-state index in [1.807, 2.05) is 24.3 Å². The Morgan fingerprint density at radius 2 is 2.10 bits per heavy atom. The summed E-state index contributed by atoms with van der Waals surface area (Å²) >= 11 is 0. The second kappa shape index (κ2) is 9.49. The number of methoxy groups -OCH3 is 2. The number of carbonyl (C=O) groups is 1. The Morgan fingerprint density at radius 3 is 2.80 bits per heavy atom. The van der Waals surface area contributed by atoms with Gasteiger partial charge in [0.05, 0.1) is 37.6 Å². The van der Waals surface area contributed by atoms with Crippen LogP contribution < -0.4 is 0 Å². The third kappa shape index (κ3) is 4.45. The van der Waals surface area contributed by atoms with Crippen molar-refractivity contribution in [3.63, 3.8) is 0 Å². The van der Waals surface area contributed by atoms with Gasteiger partial charge in [-0.1, -0.05) is 30.3 Å². The number of benzene rings is 1. The van der Waals surface area contributed by atoms with Crippen LogP contribution in [-0.2, 0) is 38.6 Å². The van der Waals surface area contributed by atoms with Crippen LogP contribution in [0, 0.1) is 0 Å². The van der Waals surface area contributed by atoms with Crippen LogP contribution in [0.2, 0.25) is 0 Å². The molecule has 2 aliphatic heterocycles. The first-order chi connectivity index (χ1) is 14.7. The zero-order chi connectivity index (χ0) is 20.9. The van der Waals surface area contributed by atoms with E-state index in [1.165, 1.54) is 0 Å². The lowest BCUT2D eigenvalue weighted by Gasteiger charge is -2.23. The van der Waals surface area contributed by atoms with Crippen LogP contribution >= 0.6 is 0 Å². The van der Waals surface area contributed by atoms with Crippen LogP contribution in [0.3, 0.4) is 0 Å². The third-order valence-electron chi connectivity index (χ3n) is 5.78. The van der Waals surface area contributed by atoms with Crippen LogP contribution in [0.15, 0.2) is 41.4 Å². The number of hydrogen-bond acceptors (Lipinski definition) is 6. The van der Waals surface area contributed by atoms with Crippen molar-refractivity contribution in [2.75, 3.05) is 20.8 Å². The molecule has 2 atom stereocenters. The summed E-state index contributed by atoms with van der Waals surface area (Å²) in [5, 5.41) is 0. The summed E-state index contributed by atoms with van der Waals surface area (Å²) < 4.78 is 16.6. The average Bonchev–Trinajstić information content (AvgIpc) is 3.43. The molecule has 0 amide bonds. The van der Waals surface area contributed by atoms with Crippen LogP contribution in [0.1, 0.15) is 53.3 Å². The summed E-state index contributed by atoms with van der Waals surface area (Å²) in [5.74, 6) is 0.837. The molecule has 0 unspecified atom stereocenters. The number of ketones is 1. The molecule has 0 spiro atoms. The predicted molar refractivity (Wildman–Crippen MR) is 114 cm³/mol. The van der Waals surface area contributed by atoms with E-state index in [2.05, 4.69) is 17.1 Å². The zero-order valence-electron chi connectivity index (χ0n) is 17.6. The minimum Gasteiger partial charge on any atom is -0.481 e. The molecule has 6 heteroatoms. The molecule has 0 N–H and O–H groups in total. The first kappa shape index (κ1) is 20.7. The maximum Gasteiger partial charge on any atom is 0.218 e. The van der Waals surface area contributed by atoms with Crippen molar-refractivity contribution < 1.29 is 19.0 Å². The van der Waals surface area contributed by atoms with E-state index in [-0.39, 0.29) is 17.8 Å². The van der Waals surface area contributed by atoms with Crippen LogP contribution in [-0.4, -0.2) is 43.6 Å². The molecule has 4 rings (SSSR count). The Morgan fingerprint density at radius 1 is 1.27 bits per heavy atom. The van der Waals surface area contributed by atoms with E-state index in [0.29, 0.717) is 31.9 Å². The molecule has 1 fully saturated rings. The molecule has 1 aromatic heterocycles. The third-order valence-corrected chi connectivity index (χ3v) is 5.78. The Kier molecular flexibility index (Phi) is 6.55. The molecular formula is C24H28N2O4. The highest BCUT2D eigenvalue weighted by Crippen LogP contribution is 2.32. The number of carbonyl (C=O) groups excluding carboxylic acids is 1. The lowest BCUT2D eigenvalue weighted by atomic mass is 9.86. The number of rotatable bonds is 8. The maximum atomic E-state index is 13.1. The van der Waals surface area contributed by atoms with Crippen molar-refractivity contribution >= 4 is 11.7 Å². The van der Waals surface area contributed by atoms with Crippen molar-refractivity contribution in [2.45, 2.75) is 50.9 Å². The quantitative estimate of drug-likeness (QED) is 0.668. The molecule has 1 saturated heterocycles. The van der Waals surface area contributed by atoms with E-state index in [4.69, 9.17) is 19.2 Å². The molecule has 30 heavy (non-hydrogen) atoms. The fourth-order valence-corrected chi connectivity index (χ4v) is 4.44. The van der Waals surface area contributed by atoms with Crippen molar-refractivity contribution in [3.8, 4) is 0 Å². The lowest BCUT2D eigenvalue weighted by molar-refractivity contribution is -0.119. The number of fused-ring (bicyclic) bond motifs is 1. The maximum absolute atomic E-state index is 13.1. The first-order valence-corrected chi connectivity index (χ1v) is 10.5. The summed E-state index contributed by atoms with van der Waals surface area (Å²) in [6, 6.07) is 12.2. The van der Waals surface area contributed by atoms with Gasteiger partial charge in [-0.2, -0.15) is 0 Å². The van der Waals surface area contributed by atoms with Gasteiger partial charge in [0.1, 0.15) is 5.78 Å². The summed E-state index contributed by atoms with van der Waals surface area (Å²) in [6.45, 7) is 1.67. The van der Waals surface area contributed by atoms with Gasteiger partial charge in [-0.15, -0.1) is 0 Å². The number of hydrogen-bond donors (Lipinski definition) is 0. The van der Waals surface area contributed by atoms with Gasteiger partial charge in [0.2, 0.25) is 5.90 Å². The fraction of sp³-hybridized carbons (Fsp3) is 0.458. The molecule has 0 radical (unpaired) electrons. The molecule has 3 heterocycles. The molecule has 158 valence electrons. The normalized spacial score (nSPS) is 18.7. The molecule has 2 aromatic rings. The summed E-state index contributed by atoms with van der Waals surface area (Å²) in [6.07, 6.45) is 2.90. The summed E-state index contributed by atoms with van der Waals surface area (Å²) in [7, 11) is 3.24. The van der Waals surface area contributed by atoms with Gasteiger partial charge in [0.15, 0.2) is 0 Å². The highest BCUT2D eigenvalue weighted by molar-refractivity contribution is 5.98. The first-order valence-electron chi connectivity index (χ1n) is 10.5. The van der Waals surface area contributed by atoms with Gasteiger partial charge in [0, 0.05) is 38.2 Å². The van der Waals surface area contributed by atoms with Gasteiger partial charge in [-0.05, 0) is 30.0 Å². The number of ether oxygens (including phenoxy) is 3. The molecule has 1 aromatic carbocycles. The molecular weight excluding hydrogens is 380 g/mol. The van der Waals surface area contributed by atoms with E-state index in [1.54, 1.807) is 14.2 Å². The lowest BCUT2D eigenvalue weighted by Crippen LogP contribution is -2.22. The van der Waals surface area contributed by atoms with Crippen LogP contribution in [0.5, 0.6) is 0 Å². The average molecular weight is 408 g/mol. The van der Waals surface area contributed by atoms with Gasteiger partial charge >= 0.3 is 0 Å². The molecule has 0 aliphatic carbocycles. The fourth-order valence-electron chi connectivity index (χ4n) is 4.44. The Labute approximate surface area is 177 Å². The number of pyridine rings is 1. The number of nitrogens with zero attached hydrogens (tertiary/aromatic N) is 2. The molecule has 6 nitrogen and oxygen atoms in total. The van der Waals surface area contributed by atoms with Crippen molar-refractivity contribution in [1.29, 1.82) is 0 Å². The second-order valence-electron chi connectivity index (χ2n) is 7.84. The summed E-state index contributed by atoms with van der Waals surface area (Å²) in [4.78, 5) is 22.2. The number of aromatic nitrogens is 1.